The molecular formula is C20H18N2OS. The van der Waals surface area contributed by atoms with Gasteiger partial charge in [0.25, 0.3) is 0 Å². The Kier molecular flexibility index (Phi) is 5.29. The minimum atomic E-state index is -0.122. The maximum atomic E-state index is 12.1. The van der Waals surface area contributed by atoms with Crippen molar-refractivity contribution in [2.24, 2.45) is 5.10 Å². The smallest absolute Gasteiger partial charge is 0.244 e. The predicted octanol–water partition coefficient (Wildman–Crippen LogP) is 4.25. The molecule has 0 saturated heterocycles. The summed E-state index contributed by atoms with van der Waals surface area (Å²) in [6, 6.07) is 22.1. The topological polar surface area (TPSA) is 41.5 Å². The molecule has 0 aliphatic rings. The first kappa shape index (κ1) is 16.3. The van der Waals surface area contributed by atoms with Crippen LogP contribution in [0.1, 0.15) is 11.1 Å². The molecule has 3 rings (SSSR count). The quantitative estimate of drug-likeness (QED) is 0.430. The van der Waals surface area contributed by atoms with E-state index in [9.17, 15) is 4.79 Å². The van der Waals surface area contributed by atoms with Gasteiger partial charge in [-0.1, -0.05) is 54.6 Å². The highest BCUT2D eigenvalue weighted by Crippen LogP contribution is 2.18. The highest BCUT2D eigenvalue weighted by molar-refractivity contribution is 7.98. The normalized spacial score (nSPS) is 11.0. The van der Waals surface area contributed by atoms with Gasteiger partial charge in [-0.2, -0.15) is 5.10 Å². The zero-order valence-electron chi connectivity index (χ0n) is 13.4. The van der Waals surface area contributed by atoms with Crippen LogP contribution in [0.5, 0.6) is 0 Å². The average Bonchev–Trinajstić information content (AvgIpc) is 2.63. The van der Waals surface area contributed by atoms with E-state index in [1.165, 1.54) is 4.90 Å². The van der Waals surface area contributed by atoms with Gasteiger partial charge in [0, 0.05) is 4.90 Å². The summed E-state index contributed by atoms with van der Waals surface area (Å²) in [4.78, 5) is 13.3. The van der Waals surface area contributed by atoms with Gasteiger partial charge in [-0.15, -0.1) is 11.8 Å². The van der Waals surface area contributed by atoms with Crippen LogP contribution in [0.25, 0.3) is 10.8 Å². The molecule has 0 aliphatic carbocycles. The van der Waals surface area contributed by atoms with Crippen LogP contribution in [0.4, 0.5) is 0 Å². The Balaban J connectivity index is 1.63. The number of nitrogens with one attached hydrogen (secondary N) is 1. The second-order valence-electron chi connectivity index (χ2n) is 5.38. The Labute approximate surface area is 145 Å². The van der Waals surface area contributed by atoms with Gasteiger partial charge >= 0.3 is 0 Å². The fourth-order valence-electron chi connectivity index (χ4n) is 2.53. The third-order valence-corrected chi connectivity index (χ3v) is 4.49. The van der Waals surface area contributed by atoms with Crippen molar-refractivity contribution < 1.29 is 4.79 Å². The first-order chi connectivity index (χ1) is 11.8. The number of amides is 1. The summed E-state index contributed by atoms with van der Waals surface area (Å²) in [6.07, 6.45) is 4.01. The lowest BCUT2D eigenvalue weighted by atomic mass is 10.0. The molecule has 0 bridgehead atoms. The number of carbonyl (C=O) groups excluding carboxylic acids is 1. The number of rotatable bonds is 5. The van der Waals surface area contributed by atoms with Gasteiger partial charge in [0.2, 0.25) is 5.91 Å². The molecule has 0 radical (unpaired) electrons. The summed E-state index contributed by atoms with van der Waals surface area (Å²) < 4.78 is 0. The molecule has 0 spiro atoms. The SMILES string of the molecule is CSc1ccc(/C=N/NC(=O)Cc2cccc3ccccc23)cc1. The van der Waals surface area contributed by atoms with Crippen molar-refractivity contribution in [3.8, 4) is 0 Å². The number of hydrogen-bond donors (Lipinski definition) is 1. The van der Waals surface area contributed by atoms with Gasteiger partial charge < -0.3 is 0 Å². The van der Waals surface area contributed by atoms with Crippen molar-refractivity contribution in [3.63, 3.8) is 0 Å². The number of carbonyl (C=O) groups is 1. The third-order valence-electron chi connectivity index (χ3n) is 3.75. The summed E-state index contributed by atoms with van der Waals surface area (Å²) in [5.74, 6) is -0.122. The van der Waals surface area contributed by atoms with E-state index in [2.05, 4.69) is 10.5 Å². The number of hydrogen-bond acceptors (Lipinski definition) is 3. The van der Waals surface area contributed by atoms with Gasteiger partial charge in [0.1, 0.15) is 0 Å². The van der Waals surface area contributed by atoms with E-state index in [1.54, 1.807) is 18.0 Å². The highest BCUT2D eigenvalue weighted by atomic mass is 32.2. The lowest BCUT2D eigenvalue weighted by Crippen LogP contribution is -2.19. The second-order valence-corrected chi connectivity index (χ2v) is 6.26. The predicted molar refractivity (Wildman–Crippen MR) is 102 cm³/mol. The Morgan fingerprint density at radius 1 is 1.04 bits per heavy atom. The second kappa shape index (κ2) is 7.79. The Bertz CT molecular complexity index is 867. The van der Waals surface area contributed by atoms with Crippen LogP contribution < -0.4 is 5.43 Å². The molecule has 0 atom stereocenters. The van der Waals surface area contributed by atoms with Gasteiger partial charge in [-0.05, 0) is 40.3 Å². The minimum Gasteiger partial charge on any atom is -0.273 e. The molecule has 0 heterocycles. The molecule has 1 N–H and O–H groups in total. The molecule has 120 valence electrons. The monoisotopic (exact) mass is 334 g/mol. The summed E-state index contributed by atoms with van der Waals surface area (Å²) in [6.45, 7) is 0. The highest BCUT2D eigenvalue weighted by Gasteiger charge is 2.05. The van der Waals surface area contributed by atoms with Crippen molar-refractivity contribution >= 4 is 34.7 Å². The van der Waals surface area contributed by atoms with Crippen LogP contribution >= 0.6 is 11.8 Å². The fraction of sp³-hybridized carbons (Fsp3) is 0.100. The van der Waals surface area contributed by atoms with E-state index < -0.39 is 0 Å². The molecule has 0 fully saturated rings. The standard InChI is InChI=1S/C20H18N2OS/c1-24-18-11-9-15(10-12-18)14-21-22-20(23)13-17-7-4-6-16-5-2-3-8-19(16)17/h2-12,14H,13H2,1H3,(H,22,23)/b21-14+. The Hall–Kier alpha value is -2.59. The van der Waals surface area contributed by atoms with Crippen LogP contribution in [0.3, 0.4) is 0 Å². The zero-order valence-corrected chi connectivity index (χ0v) is 14.2. The van der Waals surface area contributed by atoms with Crippen molar-refractivity contribution in [2.75, 3.05) is 6.26 Å². The lowest BCUT2D eigenvalue weighted by molar-refractivity contribution is -0.120. The first-order valence-electron chi connectivity index (χ1n) is 7.69. The molecule has 0 unspecified atom stereocenters. The van der Waals surface area contributed by atoms with E-state index in [0.29, 0.717) is 6.42 Å². The van der Waals surface area contributed by atoms with Crippen molar-refractivity contribution in [3.05, 3.63) is 77.9 Å². The van der Waals surface area contributed by atoms with Crippen molar-refractivity contribution in [1.29, 1.82) is 0 Å². The lowest BCUT2D eigenvalue weighted by Gasteiger charge is -2.05. The van der Waals surface area contributed by atoms with Crippen LogP contribution in [0.15, 0.2) is 76.7 Å². The Morgan fingerprint density at radius 2 is 1.79 bits per heavy atom. The van der Waals surface area contributed by atoms with E-state index in [0.717, 1.165) is 21.9 Å². The maximum Gasteiger partial charge on any atom is 0.244 e. The van der Waals surface area contributed by atoms with Crippen molar-refractivity contribution in [2.45, 2.75) is 11.3 Å². The number of hydrazone groups is 1. The number of benzene rings is 3. The van der Waals surface area contributed by atoms with E-state index in [4.69, 9.17) is 0 Å². The number of fused-ring (bicyclic) bond motifs is 1. The molecule has 0 saturated carbocycles. The molecular weight excluding hydrogens is 316 g/mol. The Morgan fingerprint density at radius 3 is 2.58 bits per heavy atom. The minimum absolute atomic E-state index is 0.122. The molecule has 1 amide bonds. The summed E-state index contributed by atoms with van der Waals surface area (Å²) >= 11 is 1.69. The summed E-state index contributed by atoms with van der Waals surface area (Å²) in [5, 5.41) is 6.28. The summed E-state index contributed by atoms with van der Waals surface area (Å²) in [5.41, 5.74) is 4.56. The fourth-order valence-corrected chi connectivity index (χ4v) is 2.94. The first-order valence-corrected chi connectivity index (χ1v) is 8.91. The molecule has 24 heavy (non-hydrogen) atoms. The van der Waals surface area contributed by atoms with Crippen LogP contribution in [-0.4, -0.2) is 18.4 Å². The largest absolute Gasteiger partial charge is 0.273 e. The maximum absolute atomic E-state index is 12.1. The van der Waals surface area contributed by atoms with Crippen molar-refractivity contribution in [1.82, 2.24) is 5.43 Å². The van der Waals surface area contributed by atoms with Gasteiger partial charge in [0.05, 0.1) is 12.6 Å². The third kappa shape index (κ3) is 4.03. The average molecular weight is 334 g/mol. The molecule has 0 aliphatic heterocycles. The van der Waals surface area contributed by atoms with Crippen LogP contribution in [0, 0.1) is 0 Å². The van der Waals surface area contributed by atoms with Gasteiger partial charge in [-0.25, -0.2) is 5.43 Å². The van der Waals surface area contributed by atoms with E-state index in [-0.39, 0.29) is 5.91 Å². The van der Waals surface area contributed by atoms with Gasteiger partial charge in [-0.3, -0.25) is 4.79 Å². The summed E-state index contributed by atoms with van der Waals surface area (Å²) in [7, 11) is 0. The molecule has 0 aromatic heterocycles. The van der Waals surface area contributed by atoms with Crippen LogP contribution in [0.2, 0.25) is 0 Å². The van der Waals surface area contributed by atoms with Gasteiger partial charge in [0.15, 0.2) is 0 Å². The zero-order chi connectivity index (χ0) is 16.8. The number of thioether (sulfide) groups is 1. The molecule has 3 nitrogen and oxygen atoms in total. The van der Waals surface area contributed by atoms with Crippen LogP contribution in [-0.2, 0) is 11.2 Å². The molecule has 4 heteroatoms. The molecule has 3 aromatic carbocycles. The van der Waals surface area contributed by atoms with E-state index >= 15 is 0 Å². The van der Waals surface area contributed by atoms with E-state index in [1.807, 2.05) is 73.0 Å². The number of nitrogens with zero attached hydrogens (tertiary/aromatic N) is 1. The molecule has 3 aromatic rings.